The molecule has 5 rings (SSSR count). The highest BCUT2D eigenvalue weighted by Crippen LogP contribution is 2.54. The summed E-state index contributed by atoms with van der Waals surface area (Å²) in [5.41, 5.74) is 6.91. The van der Waals surface area contributed by atoms with Crippen LogP contribution in [0, 0.1) is 10.4 Å². The molecule has 4 aliphatic rings. The van der Waals surface area contributed by atoms with Crippen LogP contribution in [0.4, 0.5) is 0 Å². The minimum atomic E-state index is 0.173. The van der Waals surface area contributed by atoms with Crippen LogP contribution in [0.5, 0.6) is 0 Å². The lowest BCUT2D eigenvalue weighted by Gasteiger charge is -2.35. The van der Waals surface area contributed by atoms with Gasteiger partial charge in [-0.3, -0.25) is 0 Å². The normalized spacial score (nSPS) is 18.0. The predicted molar refractivity (Wildman–Crippen MR) is 190 cm³/mol. The first-order chi connectivity index (χ1) is 20.7. The van der Waals surface area contributed by atoms with Gasteiger partial charge in [-0.25, -0.2) is 0 Å². The van der Waals surface area contributed by atoms with E-state index in [1.807, 2.05) is 22.3 Å². The van der Waals surface area contributed by atoms with E-state index in [-0.39, 0.29) is 10.8 Å². The first-order valence-corrected chi connectivity index (χ1v) is 19.5. The number of unbranched alkanes of at least 4 members (excludes halogenated alkanes) is 12. The number of hydrogen-bond acceptors (Lipinski definition) is 0. The third-order valence-corrected chi connectivity index (χ3v) is 12.5. The summed E-state index contributed by atoms with van der Waals surface area (Å²) in [5.74, 6) is 0. The van der Waals surface area contributed by atoms with Crippen molar-refractivity contribution in [3.05, 3.63) is 57.0 Å². The van der Waals surface area contributed by atoms with E-state index in [1.54, 1.807) is 42.5 Å². The highest BCUT2D eigenvalue weighted by Gasteiger charge is 2.47. The number of fused-ring (bicyclic) bond motifs is 4. The van der Waals surface area contributed by atoms with E-state index in [2.05, 4.69) is 62.3 Å². The maximum Gasteiger partial charge on any atom is 0.0477 e. The maximum absolute atomic E-state index is 3.63. The molecule has 0 bridgehead atoms. The lowest BCUT2D eigenvalue weighted by atomic mass is 9.68. The third kappa shape index (κ3) is 6.04. The van der Waals surface area contributed by atoms with Crippen molar-refractivity contribution in [2.75, 3.05) is 0 Å². The molecule has 1 aromatic rings. The Bertz CT molecular complexity index is 1310. The lowest BCUT2D eigenvalue weighted by molar-refractivity contribution is 0.393. The predicted octanol–water partition coefficient (Wildman–Crippen LogP) is 11.6. The van der Waals surface area contributed by atoms with E-state index in [9.17, 15) is 0 Å². The zero-order valence-corrected chi connectivity index (χ0v) is 28.9. The fourth-order valence-electron chi connectivity index (χ4n) is 8.45. The average Bonchev–Trinajstić information content (AvgIpc) is 3.78. The van der Waals surface area contributed by atoms with Crippen molar-refractivity contribution in [2.45, 2.75) is 167 Å². The van der Waals surface area contributed by atoms with Gasteiger partial charge >= 0.3 is 0 Å². The minimum Gasteiger partial charge on any atom is -0.0921 e. The zero-order chi connectivity index (χ0) is 29.4. The monoisotopic (exact) mass is 600 g/mol. The van der Waals surface area contributed by atoms with E-state index in [0.29, 0.717) is 0 Å². The van der Waals surface area contributed by atoms with Crippen LogP contribution < -0.4 is 10.4 Å². The van der Waals surface area contributed by atoms with Crippen molar-refractivity contribution in [2.24, 2.45) is 0 Å². The zero-order valence-electron chi connectivity index (χ0n) is 27.3. The largest absolute Gasteiger partial charge is 0.0921 e. The first kappa shape index (κ1) is 31.9. The fourth-order valence-corrected chi connectivity index (χ4v) is 10.3. The van der Waals surface area contributed by atoms with Gasteiger partial charge in [-0.15, -0.1) is 0 Å². The molecule has 0 saturated carbocycles. The summed E-state index contributed by atoms with van der Waals surface area (Å²) in [6, 6.07) is 5.47. The molecule has 2 aliphatic carbocycles. The second kappa shape index (κ2) is 14.9. The average molecular weight is 601 g/mol. The van der Waals surface area contributed by atoms with Crippen molar-refractivity contribution in [1.82, 2.24) is 0 Å². The molecule has 0 saturated heterocycles. The first-order valence-electron chi connectivity index (χ1n) is 17.9. The van der Waals surface area contributed by atoms with Crippen molar-refractivity contribution >= 4 is 32.1 Å². The number of benzene rings is 1. The van der Waals surface area contributed by atoms with Gasteiger partial charge in [-0.05, 0) is 82.7 Å². The molecular weight excluding hydrogens is 545 g/mol. The number of allylic oxidation sites excluding steroid dienone is 2. The molecule has 0 spiro atoms. The van der Waals surface area contributed by atoms with E-state index in [4.69, 9.17) is 0 Å². The van der Waals surface area contributed by atoms with Gasteiger partial charge in [-0.1, -0.05) is 163 Å². The summed E-state index contributed by atoms with van der Waals surface area (Å²) in [6.45, 7) is 9.36. The molecule has 1 aromatic carbocycles. The number of rotatable bonds is 20. The van der Waals surface area contributed by atoms with Crippen molar-refractivity contribution < 1.29 is 0 Å². The summed E-state index contributed by atoms with van der Waals surface area (Å²) in [4.78, 5) is 3.10. The van der Waals surface area contributed by atoms with Gasteiger partial charge in [0.25, 0.3) is 0 Å². The second-order valence-corrected chi connectivity index (χ2v) is 15.3. The Morgan fingerprint density at radius 2 is 0.810 bits per heavy atom. The van der Waals surface area contributed by atoms with Gasteiger partial charge in [0.1, 0.15) is 0 Å². The van der Waals surface area contributed by atoms with Crippen molar-refractivity contribution in [1.29, 1.82) is 0 Å². The summed E-state index contributed by atoms with van der Waals surface area (Å²) in [7, 11) is 0. The SMILES string of the molecule is CCCCCCC1(CCCCCC)C2=CC#SC2=c2cc3c(cc21)=C1S#CC=C1C3(CCCCCC)CCCCCC. The minimum absolute atomic E-state index is 0.173. The van der Waals surface area contributed by atoms with Crippen LogP contribution >= 0.6 is 22.3 Å². The van der Waals surface area contributed by atoms with Gasteiger partial charge in [0, 0.05) is 20.6 Å². The molecule has 2 heteroatoms. The molecular formula is C40H56S2. The van der Waals surface area contributed by atoms with Crippen LogP contribution in [0.25, 0.3) is 9.81 Å². The van der Waals surface area contributed by atoms with Gasteiger partial charge in [0.15, 0.2) is 0 Å². The van der Waals surface area contributed by atoms with Crippen molar-refractivity contribution in [3.8, 4) is 10.4 Å². The van der Waals surface area contributed by atoms with Crippen LogP contribution in [0.2, 0.25) is 0 Å². The summed E-state index contributed by atoms with van der Waals surface area (Å²) >= 11 is 3.79. The van der Waals surface area contributed by atoms with Crippen LogP contribution in [0.1, 0.15) is 167 Å². The molecule has 2 aliphatic heterocycles. The topological polar surface area (TPSA) is 0 Å². The Kier molecular flexibility index (Phi) is 11.3. The van der Waals surface area contributed by atoms with Crippen LogP contribution in [0.15, 0.2) is 35.4 Å². The molecule has 0 aromatic heterocycles. The van der Waals surface area contributed by atoms with Gasteiger partial charge in [-0.2, -0.15) is 0 Å². The highest BCUT2D eigenvalue weighted by molar-refractivity contribution is 7.99. The molecule has 0 atom stereocenters. The van der Waals surface area contributed by atoms with Gasteiger partial charge in [0.05, 0.1) is 0 Å². The van der Waals surface area contributed by atoms with Crippen LogP contribution in [-0.2, 0) is 10.8 Å². The fraction of sp³-hybridized carbons (Fsp3) is 0.650. The van der Waals surface area contributed by atoms with E-state index in [1.165, 1.54) is 128 Å². The maximum atomic E-state index is 3.63. The van der Waals surface area contributed by atoms with Gasteiger partial charge < -0.3 is 0 Å². The summed E-state index contributed by atoms with van der Waals surface area (Å²) < 4.78 is 0. The Hall–Kier alpha value is -1.56. The number of hydrogen-bond donors (Lipinski definition) is 0. The van der Waals surface area contributed by atoms with E-state index >= 15 is 0 Å². The standard InChI is InChI=1S/C40H56S2/c1-5-9-13-17-23-39(24-18-14-10-6-2)33-21-27-41-37(33)31-30-36-32(29-35(31)39)38-34(22-28-42-38)40(36,25-19-15-11-7-3)26-20-16-12-8-4/h21-22,29-30H,5-20,23-26H2,1-4H3. The highest BCUT2D eigenvalue weighted by atomic mass is 32.1. The molecule has 0 amide bonds. The van der Waals surface area contributed by atoms with Gasteiger partial charge in [0.2, 0.25) is 0 Å². The smallest absolute Gasteiger partial charge is 0.0477 e. The van der Waals surface area contributed by atoms with E-state index < -0.39 is 0 Å². The molecule has 0 fully saturated rings. The Morgan fingerprint density at radius 1 is 0.476 bits per heavy atom. The quantitative estimate of drug-likeness (QED) is 0.131. The third-order valence-electron chi connectivity index (χ3n) is 10.8. The van der Waals surface area contributed by atoms with Crippen LogP contribution in [-0.4, -0.2) is 0 Å². The second-order valence-electron chi connectivity index (χ2n) is 13.6. The Morgan fingerprint density at radius 3 is 1.12 bits per heavy atom. The molecule has 0 nitrogen and oxygen atoms in total. The summed E-state index contributed by atoms with van der Waals surface area (Å²) in [6.07, 6.45) is 31.4. The van der Waals surface area contributed by atoms with Crippen LogP contribution in [0.3, 0.4) is 0 Å². The van der Waals surface area contributed by atoms with E-state index in [0.717, 1.165) is 0 Å². The van der Waals surface area contributed by atoms with Crippen molar-refractivity contribution in [3.63, 3.8) is 0 Å². The molecule has 0 unspecified atom stereocenters. The lowest BCUT2D eigenvalue weighted by Crippen LogP contribution is -2.34. The summed E-state index contributed by atoms with van der Waals surface area (Å²) in [5, 5.41) is 10.4. The molecule has 42 heavy (non-hydrogen) atoms. The molecule has 2 heterocycles. The molecule has 228 valence electrons. The Labute approximate surface area is 265 Å². The molecule has 0 N–H and O–H groups in total. The Balaban J connectivity index is 1.62. The molecule has 0 radical (unpaired) electrons.